The van der Waals surface area contributed by atoms with Crippen LogP contribution in [0, 0.1) is 12.8 Å². The van der Waals surface area contributed by atoms with Gasteiger partial charge in [-0.25, -0.2) is 4.68 Å². The molecule has 3 rings (SSSR count). The first-order valence-corrected chi connectivity index (χ1v) is 8.44. The maximum Gasteiger partial charge on any atom is 0.266 e. The third-order valence-corrected chi connectivity index (χ3v) is 4.71. The summed E-state index contributed by atoms with van der Waals surface area (Å²) in [5, 5.41) is 4.33. The molecule has 6 heteroatoms. The van der Waals surface area contributed by atoms with Crippen LogP contribution in [0.2, 0.25) is 0 Å². The van der Waals surface area contributed by atoms with Crippen LogP contribution in [0.4, 0.5) is 0 Å². The molecule has 6 nitrogen and oxygen atoms in total. The van der Waals surface area contributed by atoms with Crippen molar-refractivity contribution in [3.8, 4) is 0 Å². The molecule has 1 fully saturated rings. The van der Waals surface area contributed by atoms with E-state index < -0.39 is 0 Å². The number of aryl methyl sites for hydroxylation is 2. The van der Waals surface area contributed by atoms with Crippen molar-refractivity contribution >= 4 is 0 Å². The summed E-state index contributed by atoms with van der Waals surface area (Å²) in [6.45, 7) is 5.38. The van der Waals surface area contributed by atoms with E-state index in [1.165, 1.54) is 0 Å². The SMILES string of the molecule is Cc1ccc(=O)n(CC2CCN(Cc3ccn(C)c(=O)c3)CC2)n1. The lowest BCUT2D eigenvalue weighted by molar-refractivity contribution is 0.163. The lowest BCUT2D eigenvalue weighted by Crippen LogP contribution is -2.36. The summed E-state index contributed by atoms with van der Waals surface area (Å²) < 4.78 is 3.18. The van der Waals surface area contributed by atoms with Crippen LogP contribution in [0.25, 0.3) is 0 Å². The number of rotatable bonds is 4. The highest BCUT2D eigenvalue weighted by Crippen LogP contribution is 2.19. The Labute approximate surface area is 141 Å². The van der Waals surface area contributed by atoms with Gasteiger partial charge in [-0.3, -0.25) is 14.5 Å². The second-order valence-corrected chi connectivity index (χ2v) is 6.70. The zero-order valence-electron chi connectivity index (χ0n) is 14.3. The van der Waals surface area contributed by atoms with Crippen molar-refractivity contribution in [2.45, 2.75) is 32.9 Å². The first kappa shape index (κ1) is 16.6. The first-order valence-electron chi connectivity index (χ1n) is 8.44. The normalized spacial score (nSPS) is 16.4. The van der Waals surface area contributed by atoms with Crippen molar-refractivity contribution in [1.82, 2.24) is 19.2 Å². The Bertz CT molecular complexity index is 816. The molecule has 0 saturated carbocycles. The van der Waals surface area contributed by atoms with Gasteiger partial charge in [0.25, 0.3) is 11.1 Å². The highest BCUT2D eigenvalue weighted by molar-refractivity contribution is 5.10. The van der Waals surface area contributed by atoms with Gasteiger partial charge < -0.3 is 4.57 Å². The van der Waals surface area contributed by atoms with Crippen molar-refractivity contribution in [3.05, 3.63) is 62.4 Å². The Balaban J connectivity index is 1.55. The maximum atomic E-state index is 11.9. The zero-order chi connectivity index (χ0) is 17.1. The average molecular weight is 328 g/mol. The predicted molar refractivity (Wildman–Crippen MR) is 92.9 cm³/mol. The van der Waals surface area contributed by atoms with Crippen molar-refractivity contribution in [3.63, 3.8) is 0 Å². The third-order valence-electron chi connectivity index (χ3n) is 4.71. The standard InChI is InChI=1S/C18H24N4O2/c1-14-3-4-17(23)22(19-14)13-15-6-9-21(10-7-15)12-16-5-8-20(2)18(24)11-16/h3-5,8,11,15H,6-7,9-10,12-13H2,1-2H3. The fraction of sp³-hybridized carbons (Fsp3) is 0.500. The Hall–Kier alpha value is -2.21. The van der Waals surface area contributed by atoms with Gasteiger partial charge in [0.15, 0.2) is 0 Å². The fourth-order valence-corrected chi connectivity index (χ4v) is 3.20. The number of nitrogens with zero attached hydrogens (tertiary/aromatic N) is 4. The van der Waals surface area contributed by atoms with E-state index in [-0.39, 0.29) is 11.1 Å². The second-order valence-electron chi connectivity index (χ2n) is 6.70. The molecule has 1 aliphatic heterocycles. The molecule has 0 N–H and O–H groups in total. The Morgan fingerprint density at radius 3 is 2.58 bits per heavy atom. The summed E-state index contributed by atoms with van der Waals surface area (Å²) in [4.78, 5) is 25.9. The summed E-state index contributed by atoms with van der Waals surface area (Å²) in [5.41, 5.74) is 1.95. The van der Waals surface area contributed by atoms with E-state index in [4.69, 9.17) is 0 Å². The number of likely N-dealkylation sites (tertiary alicyclic amines) is 1. The molecule has 0 atom stereocenters. The minimum atomic E-state index is -0.0249. The smallest absolute Gasteiger partial charge is 0.266 e. The summed E-state index contributed by atoms with van der Waals surface area (Å²) in [5.74, 6) is 0.483. The Morgan fingerprint density at radius 1 is 1.12 bits per heavy atom. The summed E-state index contributed by atoms with van der Waals surface area (Å²) in [6, 6.07) is 7.06. The molecule has 2 aromatic rings. The topological polar surface area (TPSA) is 60.1 Å². The number of pyridine rings is 1. The van der Waals surface area contributed by atoms with E-state index in [1.54, 1.807) is 34.5 Å². The van der Waals surface area contributed by atoms with Crippen LogP contribution >= 0.6 is 0 Å². The summed E-state index contributed by atoms with van der Waals surface area (Å²) in [7, 11) is 1.76. The number of hydrogen-bond acceptors (Lipinski definition) is 4. The molecule has 1 saturated heterocycles. The monoisotopic (exact) mass is 328 g/mol. The molecular weight excluding hydrogens is 304 g/mol. The molecule has 0 aliphatic carbocycles. The van der Waals surface area contributed by atoms with Crippen LogP contribution in [0.3, 0.4) is 0 Å². The lowest BCUT2D eigenvalue weighted by atomic mass is 9.96. The largest absolute Gasteiger partial charge is 0.319 e. The van der Waals surface area contributed by atoms with E-state index in [1.807, 2.05) is 19.2 Å². The predicted octanol–water partition coefficient (Wildman–Crippen LogP) is 1.16. The van der Waals surface area contributed by atoms with Crippen LogP contribution in [0.1, 0.15) is 24.1 Å². The number of piperidine rings is 1. The van der Waals surface area contributed by atoms with Gasteiger partial charge in [0.05, 0.1) is 5.69 Å². The van der Waals surface area contributed by atoms with Crippen molar-refractivity contribution in [2.75, 3.05) is 13.1 Å². The van der Waals surface area contributed by atoms with Gasteiger partial charge in [-0.1, -0.05) is 0 Å². The van der Waals surface area contributed by atoms with Crippen LogP contribution < -0.4 is 11.1 Å². The molecule has 0 spiro atoms. The van der Waals surface area contributed by atoms with E-state index in [0.717, 1.165) is 43.7 Å². The first-order chi connectivity index (χ1) is 11.5. The van der Waals surface area contributed by atoms with Gasteiger partial charge in [0.1, 0.15) is 0 Å². The Morgan fingerprint density at radius 2 is 1.88 bits per heavy atom. The molecule has 3 heterocycles. The highest BCUT2D eigenvalue weighted by Gasteiger charge is 2.20. The fourth-order valence-electron chi connectivity index (χ4n) is 3.20. The van der Waals surface area contributed by atoms with Crippen molar-refractivity contribution in [1.29, 1.82) is 0 Å². The minimum Gasteiger partial charge on any atom is -0.319 e. The van der Waals surface area contributed by atoms with Gasteiger partial charge in [-0.05, 0) is 56.5 Å². The van der Waals surface area contributed by atoms with Crippen molar-refractivity contribution in [2.24, 2.45) is 13.0 Å². The molecule has 0 aromatic carbocycles. The minimum absolute atomic E-state index is 0.0249. The van der Waals surface area contributed by atoms with Crippen LogP contribution in [0.15, 0.2) is 40.1 Å². The van der Waals surface area contributed by atoms with Crippen LogP contribution in [0.5, 0.6) is 0 Å². The van der Waals surface area contributed by atoms with Crippen LogP contribution in [-0.2, 0) is 20.1 Å². The molecular formula is C18H24N4O2. The van der Waals surface area contributed by atoms with Crippen LogP contribution in [-0.4, -0.2) is 32.3 Å². The molecule has 0 bridgehead atoms. The van der Waals surface area contributed by atoms with Gasteiger partial charge in [0, 0.05) is 38.5 Å². The van der Waals surface area contributed by atoms with Gasteiger partial charge in [0.2, 0.25) is 0 Å². The maximum absolute atomic E-state index is 11.9. The molecule has 24 heavy (non-hydrogen) atoms. The van der Waals surface area contributed by atoms with E-state index >= 15 is 0 Å². The molecule has 128 valence electrons. The molecule has 1 aliphatic rings. The van der Waals surface area contributed by atoms with Crippen molar-refractivity contribution < 1.29 is 0 Å². The lowest BCUT2D eigenvalue weighted by Gasteiger charge is -2.32. The molecule has 0 radical (unpaired) electrons. The summed E-state index contributed by atoms with van der Waals surface area (Å²) in [6.07, 6.45) is 3.92. The third kappa shape index (κ3) is 4.00. The van der Waals surface area contributed by atoms with E-state index in [9.17, 15) is 9.59 Å². The van der Waals surface area contributed by atoms with Gasteiger partial charge >= 0.3 is 0 Å². The highest BCUT2D eigenvalue weighted by atomic mass is 16.1. The quantitative estimate of drug-likeness (QED) is 0.845. The van der Waals surface area contributed by atoms with Gasteiger partial charge in [-0.15, -0.1) is 0 Å². The van der Waals surface area contributed by atoms with E-state index in [2.05, 4.69) is 10.00 Å². The molecule has 2 aromatic heterocycles. The number of hydrogen-bond donors (Lipinski definition) is 0. The molecule has 0 amide bonds. The second kappa shape index (κ2) is 7.13. The van der Waals surface area contributed by atoms with E-state index in [0.29, 0.717) is 12.5 Å². The summed E-state index contributed by atoms with van der Waals surface area (Å²) >= 11 is 0. The number of aromatic nitrogens is 3. The Kier molecular flexibility index (Phi) is 4.94. The average Bonchev–Trinajstić information content (AvgIpc) is 2.56. The zero-order valence-corrected chi connectivity index (χ0v) is 14.3. The molecule has 0 unspecified atom stereocenters. The van der Waals surface area contributed by atoms with Gasteiger partial charge in [-0.2, -0.15) is 5.10 Å².